The monoisotopic (exact) mass is 248 g/mol. The van der Waals surface area contributed by atoms with Gasteiger partial charge in [0, 0.05) is 17.3 Å². The van der Waals surface area contributed by atoms with E-state index in [1.54, 1.807) is 35.6 Å². The molecule has 2 aromatic rings. The van der Waals surface area contributed by atoms with Gasteiger partial charge in [-0.05, 0) is 30.7 Å². The lowest BCUT2D eigenvalue weighted by atomic mass is 10.1. The van der Waals surface area contributed by atoms with Crippen molar-refractivity contribution in [2.75, 3.05) is 0 Å². The van der Waals surface area contributed by atoms with Gasteiger partial charge >= 0.3 is 5.97 Å². The normalized spacial score (nSPS) is 10.4. The molecule has 0 spiro atoms. The van der Waals surface area contributed by atoms with Gasteiger partial charge in [-0.25, -0.2) is 4.79 Å². The zero-order valence-corrected chi connectivity index (χ0v) is 10.1. The molecule has 0 unspecified atom stereocenters. The van der Waals surface area contributed by atoms with Crippen LogP contribution in [0.1, 0.15) is 15.9 Å². The maximum atomic E-state index is 11.0. The Hall–Kier alpha value is -1.75. The number of carboxylic acids is 1. The first-order valence-corrected chi connectivity index (χ1v) is 6.09. The van der Waals surface area contributed by atoms with E-state index in [4.69, 9.17) is 5.11 Å². The van der Waals surface area contributed by atoms with Crippen LogP contribution in [0, 0.1) is 6.92 Å². The van der Waals surface area contributed by atoms with Gasteiger partial charge < -0.3 is 5.11 Å². The van der Waals surface area contributed by atoms with Crippen molar-refractivity contribution in [3.05, 3.63) is 47.8 Å². The quantitative estimate of drug-likeness (QED) is 0.845. The Labute approximate surface area is 103 Å². The molecule has 1 aromatic carbocycles. The Kier molecular flexibility index (Phi) is 3.49. The van der Waals surface area contributed by atoms with E-state index in [2.05, 4.69) is 5.10 Å². The smallest absolute Gasteiger partial charge is 0.335 e. The lowest BCUT2D eigenvalue weighted by molar-refractivity contribution is 0.0696. The Morgan fingerprint density at radius 2 is 2.35 bits per heavy atom. The van der Waals surface area contributed by atoms with E-state index in [9.17, 15) is 4.79 Å². The highest BCUT2D eigenvalue weighted by molar-refractivity contribution is 7.98. The number of nitrogens with zero attached hydrogens (tertiary/aromatic N) is 2. The van der Waals surface area contributed by atoms with Gasteiger partial charge in [-0.3, -0.25) is 4.68 Å². The van der Waals surface area contributed by atoms with Crippen molar-refractivity contribution in [1.29, 1.82) is 0 Å². The van der Waals surface area contributed by atoms with Crippen LogP contribution in [-0.4, -0.2) is 20.9 Å². The fourth-order valence-corrected chi connectivity index (χ4v) is 2.24. The molecule has 0 saturated heterocycles. The number of hydrogen-bond acceptors (Lipinski definition) is 3. The van der Waals surface area contributed by atoms with Gasteiger partial charge in [0.05, 0.1) is 11.4 Å². The molecule has 0 bridgehead atoms. The van der Waals surface area contributed by atoms with Crippen molar-refractivity contribution < 1.29 is 9.90 Å². The lowest BCUT2D eigenvalue weighted by Gasteiger charge is -2.05. The van der Waals surface area contributed by atoms with E-state index in [-0.39, 0.29) is 0 Å². The van der Waals surface area contributed by atoms with E-state index in [1.807, 2.05) is 24.4 Å². The summed E-state index contributed by atoms with van der Waals surface area (Å²) in [7, 11) is 0. The summed E-state index contributed by atoms with van der Waals surface area (Å²) in [5.74, 6) is -0.209. The first-order valence-electron chi connectivity index (χ1n) is 5.11. The largest absolute Gasteiger partial charge is 0.478 e. The summed E-state index contributed by atoms with van der Waals surface area (Å²) in [4.78, 5) is 11.9. The van der Waals surface area contributed by atoms with Crippen LogP contribution in [0.25, 0.3) is 0 Å². The summed E-state index contributed by atoms with van der Waals surface area (Å²) in [6.45, 7) is 1.80. The summed E-state index contributed by atoms with van der Waals surface area (Å²) in [5, 5.41) is 13.1. The van der Waals surface area contributed by atoms with Crippen molar-refractivity contribution in [2.24, 2.45) is 0 Å². The second-order valence-electron chi connectivity index (χ2n) is 3.60. The molecule has 0 aliphatic heterocycles. The molecule has 88 valence electrons. The molecule has 1 N–H and O–H groups in total. The number of rotatable bonds is 4. The van der Waals surface area contributed by atoms with Gasteiger partial charge in [0.25, 0.3) is 0 Å². The molecule has 17 heavy (non-hydrogen) atoms. The van der Waals surface area contributed by atoms with E-state index >= 15 is 0 Å². The van der Waals surface area contributed by atoms with Crippen LogP contribution >= 0.6 is 11.8 Å². The van der Waals surface area contributed by atoms with Gasteiger partial charge in [-0.15, -0.1) is 11.8 Å². The topological polar surface area (TPSA) is 55.1 Å². The predicted molar refractivity (Wildman–Crippen MR) is 66.2 cm³/mol. The van der Waals surface area contributed by atoms with Crippen molar-refractivity contribution in [1.82, 2.24) is 9.78 Å². The minimum atomic E-state index is -0.885. The van der Waals surface area contributed by atoms with Crippen LogP contribution in [0.4, 0.5) is 0 Å². The summed E-state index contributed by atoms with van der Waals surface area (Å²) < 4.78 is 1.80. The van der Waals surface area contributed by atoms with Gasteiger partial charge in [-0.1, -0.05) is 6.07 Å². The van der Waals surface area contributed by atoms with Crippen molar-refractivity contribution in [3.8, 4) is 0 Å². The minimum absolute atomic E-state index is 0.357. The van der Waals surface area contributed by atoms with Crippen LogP contribution in [-0.2, 0) is 5.88 Å². The Bertz CT molecular complexity index is 523. The summed E-state index contributed by atoms with van der Waals surface area (Å²) in [6, 6.07) is 7.31. The molecule has 0 amide bonds. The maximum absolute atomic E-state index is 11.0. The van der Waals surface area contributed by atoms with Gasteiger partial charge in [0.1, 0.15) is 0 Å². The first kappa shape index (κ1) is 11.7. The van der Waals surface area contributed by atoms with Crippen LogP contribution in [0.2, 0.25) is 0 Å². The summed E-state index contributed by atoms with van der Waals surface area (Å²) in [6.07, 6.45) is 3.59. The summed E-state index contributed by atoms with van der Waals surface area (Å²) in [5.41, 5.74) is 1.14. The average molecular weight is 248 g/mol. The number of thioether (sulfide) groups is 1. The Morgan fingerprint density at radius 3 is 3.00 bits per heavy atom. The maximum Gasteiger partial charge on any atom is 0.335 e. The molecule has 0 radical (unpaired) electrons. The third-order valence-electron chi connectivity index (χ3n) is 2.36. The van der Waals surface area contributed by atoms with E-state index in [1.165, 1.54) is 0 Å². The van der Waals surface area contributed by atoms with E-state index < -0.39 is 5.97 Å². The predicted octanol–water partition coefficient (Wildman–Crippen LogP) is 2.64. The molecule has 0 atom stereocenters. The number of aryl methyl sites for hydroxylation is 1. The highest BCUT2D eigenvalue weighted by Crippen LogP contribution is 2.22. The van der Waals surface area contributed by atoms with Crippen molar-refractivity contribution in [3.63, 3.8) is 0 Å². The molecule has 0 aliphatic carbocycles. The van der Waals surface area contributed by atoms with E-state index in [0.717, 1.165) is 10.5 Å². The molecule has 0 aliphatic rings. The molecular weight excluding hydrogens is 236 g/mol. The number of aromatic nitrogens is 2. The standard InChI is InChI=1S/C12H12N2O2S/c1-9-3-4-10(7-11(9)12(15)16)17-8-14-6-2-5-13-14/h2-7H,8H2,1H3,(H,15,16). The Morgan fingerprint density at radius 1 is 1.53 bits per heavy atom. The number of carboxylic acid groups (broad SMARTS) is 1. The van der Waals surface area contributed by atoms with Crippen LogP contribution < -0.4 is 0 Å². The number of aromatic carboxylic acids is 1. The third kappa shape index (κ3) is 2.88. The fraction of sp³-hybridized carbons (Fsp3) is 0.167. The first-order chi connectivity index (χ1) is 8.16. The highest BCUT2D eigenvalue weighted by Gasteiger charge is 2.07. The molecule has 1 heterocycles. The molecule has 2 rings (SSSR count). The molecule has 5 heteroatoms. The van der Waals surface area contributed by atoms with Crippen LogP contribution in [0.3, 0.4) is 0 Å². The Balaban J connectivity index is 2.11. The number of benzene rings is 1. The molecule has 0 saturated carbocycles. The fourth-order valence-electron chi connectivity index (χ4n) is 1.44. The van der Waals surface area contributed by atoms with Crippen LogP contribution in [0.15, 0.2) is 41.6 Å². The zero-order chi connectivity index (χ0) is 12.3. The highest BCUT2D eigenvalue weighted by atomic mass is 32.2. The second-order valence-corrected chi connectivity index (χ2v) is 4.62. The lowest BCUT2D eigenvalue weighted by Crippen LogP contribution is -2.00. The zero-order valence-electron chi connectivity index (χ0n) is 9.33. The molecule has 4 nitrogen and oxygen atoms in total. The number of hydrogen-bond donors (Lipinski definition) is 1. The van der Waals surface area contributed by atoms with Crippen molar-refractivity contribution >= 4 is 17.7 Å². The summed E-state index contributed by atoms with van der Waals surface area (Å²) >= 11 is 1.56. The molecular formula is C12H12N2O2S. The average Bonchev–Trinajstić information content (AvgIpc) is 2.80. The SMILES string of the molecule is Cc1ccc(SCn2cccn2)cc1C(=O)O. The molecule has 0 fully saturated rings. The van der Waals surface area contributed by atoms with Gasteiger partial charge in [0.15, 0.2) is 0 Å². The van der Waals surface area contributed by atoms with Crippen molar-refractivity contribution in [2.45, 2.75) is 17.7 Å². The van der Waals surface area contributed by atoms with E-state index in [0.29, 0.717) is 11.4 Å². The molecule has 1 aromatic heterocycles. The van der Waals surface area contributed by atoms with Crippen LogP contribution in [0.5, 0.6) is 0 Å². The number of carbonyl (C=O) groups is 1. The minimum Gasteiger partial charge on any atom is -0.478 e. The third-order valence-corrected chi connectivity index (χ3v) is 3.34. The second kappa shape index (κ2) is 5.05. The van der Waals surface area contributed by atoms with Gasteiger partial charge in [0.2, 0.25) is 0 Å². The van der Waals surface area contributed by atoms with Gasteiger partial charge in [-0.2, -0.15) is 5.10 Å².